The molecule has 2 N–H and O–H groups in total. The molecule has 2 nitrogen and oxygen atoms in total. The largest absolute Gasteiger partial charge is 0.328 e. The van der Waals surface area contributed by atoms with E-state index in [2.05, 4.69) is 56.1 Å². The van der Waals surface area contributed by atoms with Crippen LogP contribution >= 0.6 is 0 Å². The Labute approximate surface area is 93.1 Å². The second kappa shape index (κ2) is 5.89. The molecule has 0 bridgehead atoms. The van der Waals surface area contributed by atoms with Gasteiger partial charge in [-0.3, -0.25) is 4.90 Å². The molecule has 0 heterocycles. The summed E-state index contributed by atoms with van der Waals surface area (Å²) in [6.45, 7) is 5.29. The van der Waals surface area contributed by atoms with E-state index in [-0.39, 0.29) is 6.04 Å². The molecule has 84 valence electrons. The molecule has 2 atom stereocenters. The Kier molecular flexibility index (Phi) is 4.79. The number of rotatable bonds is 5. The van der Waals surface area contributed by atoms with Crippen molar-refractivity contribution in [1.29, 1.82) is 0 Å². The lowest BCUT2D eigenvalue weighted by molar-refractivity contribution is 0.230. The first-order chi connectivity index (χ1) is 7.09. The zero-order valence-corrected chi connectivity index (χ0v) is 9.98. The summed E-state index contributed by atoms with van der Waals surface area (Å²) >= 11 is 0. The number of hydrogen-bond donors (Lipinski definition) is 1. The fourth-order valence-electron chi connectivity index (χ4n) is 1.75. The number of nitrogens with zero attached hydrogens (tertiary/aromatic N) is 1. The molecule has 0 saturated carbocycles. The third-order valence-corrected chi connectivity index (χ3v) is 2.74. The molecule has 0 spiro atoms. The summed E-state index contributed by atoms with van der Waals surface area (Å²) < 4.78 is 0. The van der Waals surface area contributed by atoms with E-state index in [4.69, 9.17) is 5.73 Å². The molecular weight excluding hydrogens is 184 g/mol. The van der Waals surface area contributed by atoms with E-state index in [9.17, 15) is 0 Å². The van der Waals surface area contributed by atoms with Crippen LogP contribution < -0.4 is 5.73 Å². The quantitative estimate of drug-likeness (QED) is 0.800. The van der Waals surface area contributed by atoms with Gasteiger partial charge in [0.05, 0.1) is 0 Å². The van der Waals surface area contributed by atoms with E-state index in [1.807, 2.05) is 0 Å². The van der Waals surface area contributed by atoms with E-state index in [0.717, 1.165) is 13.0 Å². The van der Waals surface area contributed by atoms with Gasteiger partial charge in [0.1, 0.15) is 0 Å². The SMILES string of the molecule is CC(N)CC(C)N(C)Cc1ccccc1. The van der Waals surface area contributed by atoms with Gasteiger partial charge < -0.3 is 5.73 Å². The van der Waals surface area contributed by atoms with E-state index >= 15 is 0 Å². The molecule has 0 aliphatic heterocycles. The maximum Gasteiger partial charge on any atom is 0.0233 e. The smallest absolute Gasteiger partial charge is 0.0233 e. The van der Waals surface area contributed by atoms with Crippen LogP contribution in [0.2, 0.25) is 0 Å². The number of benzene rings is 1. The summed E-state index contributed by atoms with van der Waals surface area (Å²) in [6.07, 6.45) is 1.04. The van der Waals surface area contributed by atoms with Gasteiger partial charge in [-0.05, 0) is 32.9 Å². The topological polar surface area (TPSA) is 29.3 Å². The van der Waals surface area contributed by atoms with Crippen LogP contribution in [-0.4, -0.2) is 24.0 Å². The van der Waals surface area contributed by atoms with Crippen LogP contribution in [0.25, 0.3) is 0 Å². The van der Waals surface area contributed by atoms with Crippen molar-refractivity contribution in [2.24, 2.45) is 5.73 Å². The molecule has 1 aromatic rings. The lowest BCUT2D eigenvalue weighted by Gasteiger charge is -2.26. The highest BCUT2D eigenvalue weighted by Gasteiger charge is 2.10. The van der Waals surface area contributed by atoms with Gasteiger partial charge in [0, 0.05) is 18.6 Å². The summed E-state index contributed by atoms with van der Waals surface area (Å²) in [7, 11) is 2.15. The molecule has 1 aromatic carbocycles. The molecule has 0 saturated heterocycles. The summed E-state index contributed by atoms with van der Waals surface area (Å²) in [5.41, 5.74) is 7.16. The Bertz CT molecular complexity index is 269. The standard InChI is InChI=1S/C13H22N2/c1-11(14)9-12(2)15(3)10-13-7-5-4-6-8-13/h4-8,11-12H,9-10,14H2,1-3H3. The van der Waals surface area contributed by atoms with Crippen molar-refractivity contribution < 1.29 is 0 Å². The van der Waals surface area contributed by atoms with Crippen molar-refractivity contribution in [1.82, 2.24) is 4.90 Å². The van der Waals surface area contributed by atoms with Crippen LogP contribution in [-0.2, 0) is 6.54 Å². The minimum atomic E-state index is 0.276. The van der Waals surface area contributed by atoms with Gasteiger partial charge >= 0.3 is 0 Å². The van der Waals surface area contributed by atoms with Gasteiger partial charge in [0.2, 0.25) is 0 Å². The fourth-order valence-corrected chi connectivity index (χ4v) is 1.75. The molecule has 2 unspecified atom stereocenters. The predicted octanol–water partition coefficient (Wildman–Crippen LogP) is 2.24. The first-order valence-electron chi connectivity index (χ1n) is 5.59. The first kappa shape index (κ1) is 12.2. The molecule has 0 aromatic heterocycles. The van der Waals surface area contributed by atoms with E-state index in [1.165, 1.54) is 5.56 Å². The van der Waals surface area contributed by atoms with Crippen LogP contribution in [0.4, 0.5) is 0 Å². The predicted molar refractivity (Wildman–Crippen MR) is 65.6 cm³/mol. The minimum Gasteiger partial charge on any atom is -0.328 e. The molecule has 0 fully saturated rings. The third kappa shape index (κ3) is 4.45. The summed E-state index contributed by atoms with van der Waals surface area (Å²) in [4.78, 5) is 2.35. The van der Waals surface area contributed by atoms with E-state index in [0.29, 0.717) is 6.04 Å². The maximum absolute atomic E-state index is 5.80. The van der Waals surface area contributed by atoms with Gasteiger partial charge in [-0.25, -0.2) is 0 Å². The number of nitrogens with two attached hydrogens (primary N) is 1. The molecule has 0 amide bonds. The Morgan fingerprint density at radius 1 is 1.20 bits per heavy atom. The highest BCUT2D eigenvalue weighted by Crippen LogP contribution is 2.09. The van der Waals surface area contributed by atoms with Crippen molar-refractivity contribution in [3.8, 4) is 0 Å². The molecule has 2 heteroatoms. The van der Waals surface area contributed by atoms with Crippen molar-refractivity contribution in [2.45, 2.75) is 38.9 Å². The van der Waals surface area contributed by atoms with Crippen LogP contribution in [0.15, 0.2) is 30.3 Å². The van der Waals surface area contributed by atoms with Gasteiger partial charge in [-0.1, -0.05) is 30.3 Å². The van der Waals surface area contributed by atoms with Crippen molar-refractivity contribution in [2.75, 3.05) is 7.05 Å². The summed E-state index contributed by atoms with van der Waals surface area (Å²) in [5.74, 6) is 0. The lowest BCUT2D eigenvalue weighted by atomic mass is 10.1. The summed E-state index contributed by atoms with van der Waals surface area (Å²) in [5, 5.41) is 0. The Morgan fingerprint density at radius 3 is 2.33 bits per heavy atom. The number of hydrogen-bond acceptors (Lipinski definition) is 2. The minimum absolute atomic E-state index is 0.276. The zero-order valence-electron chi connectivity index (χ0n) is 9.98. The maximum atomic E-state index is 5.80. The lowest BCUT2D eigenvalue weighted by Crippen LogP contribution is -2.33. The normalized spacial score (nSPS) is 15.3. The third-order valence-electron chi connectivity index (χ3n) is 2.74. The monoisotopic (exact) mass is 206 g/mol. The average molecular weight is 206 g/mol. The zero-order chi connectivity index (χ0) is 11.3. The molecule has 15 heavy (non-hydrogen) atoms. The molecule has 1 rings (SSSR count). The van der Waals surface area contributed by atoms with Crippen LogP contribution in [0.5, 0.6) is 0 Å². The molecule has 0 aliphatic rings. The van der Waals surface area contributed by atoms with E-state index in [1.54, 1.807) is 0 Å². The van der Waals surface area contributed by atoms with Crippen LogP contribution in [0, 0.1) is 0 Å². The molecule has 0 radical (unpaired) electrons. The Balaban J connectivity index is 2.45. The Morgan fingerprint density at radius 2 is 1.80 bits per heavy atom. The van der Waals surface area contributed by atoms with Gasteiger partial charge in [-0.2, -0.15) is 0 Å². The molecular formula is C13H22N2. The average Bonchev–Trinajstić information content (AvgIpc) is 2.18. The fraction of sp³-hybridized carbons (Fsp3) is 0.538. The van der Waals surface area contributed by atoms with Gasteiger partial charge in [0.15, 0.2) is 0 Å². The second-order valence-electron chi connectivity index (χ2n) is 4.46. The Hall–Kier alpha value is -0.860. The summed E-state index contributed by atoms with van der Waals surface area (Å²) in [6, 6.07) is 11.3. The van der Waals surface area contributed by atoms with E-state index < -0.39 is 0 Å². The second-order valence-corrected chi connectivity index (χ2v) is 4.46. The van der Waals surface area contributed by atoms with Crippen LogP contribution in [0.1, 0.15) is 25.8 Å². The molecule has 0 aliphatic carbocycles. The van der Waals surface area contributed by atoms with Gasteiger partial charge in [-0.15, -0.1) is 0 Å². The highest BCUT2D eigenvalue weighted by molar-refractivity contribution is 5.14. The first-order valence-corrected chi connectivity index (χ1v) is 5.59. The van der Waals surface area contributed by atoms with Crippen molar-refractivity contribution >= 4 is 0 Å². The van der Waals surface area contributed by atoms with Crippen molar-refractivity contribution in [3.05, 3.63) is 35.9 Å². The van der Waals surface area contributed by atoms with Gasteiger partial charge in [0.25, 0.3) is 0 Å². The van der Waals surface area contributed by atoms with Crippen LogP contribution in [0.3, 0.4) is 0 Å². The highest BCUT2D eigenvalue weighted by atomic mass is 15.1. The van der Waals surface area contributed by atoms with Crippen molar-refractivity contribution in [3.63, 3.8) is 0 Å².